The molecule has 0 aliphatic heterocycles. The van der Waals surface area contributed by atoms with Crippen LogP contribution >= 0.6 is 0 Å². The molecule has 1 N–H and O–H groups in total. The number of nitrogens with zero attached hydrogens (tertiary/aromatic N) is 4. The van der Waals surface area contributed by atoms with E-state index in [0.29, 0.717) is 12.2 Å². The highest BCUT2D eigenvalue weighted by Crippen LogP contribution is 2.26. The van der Waals surface area contributed by atoms with Crippen LogP contribution in [0.1, 0.15) is 17.3 Å². The van der Waals surface area contributed by atoms with Crippen LogP contribution in [0.5, 0.6) is 0 Å². The zero-order valence-corrected chi connectivity index (χ0v) is 11.4. The number of methoxy groups -OCH3 is 1. The van der Waals surface area contributed by atoms with Gasteiger partial charge in [0.1, 0.15) is 0 Å². The van der Waals surface area contributed by atoms with Crippen LogP contribution in [0.25, 0.3) is 0 Å². The van der Waals surface area contributed by atoms with E-state index in [1.54, 1.807) is 10.9 Å². The van der Waals surface area contributed by atoms with Crippen LogP contribution in [-0.2, 0) is 11.3 Å². The third kappa shape index (κ3) is 3.14. The zero-order chi connectivity index (χ0) is 15.4. The van der Waals surface area contributed by atoms with Crippen molar-refractivity contribution in [2.24, 2.45) is 0 Å². The van der Waals surface area contributed by atoms with Crippen LogP contribution < -0.4 is 5.32 Å². The van der Waals surface area contributed by atoms with Crippen molar-refractivity contribution in [2.75, 3.05) is 12.4 Å². The first-order chi connectivity index (χ1) is 10.0. The first-order valence-electron chi connectivity index (χ1n) is 6.07. The topological polar surface area (TPSA) is 112 Å². The van der Waals surface area contributed by atoms with E-state index in [1.165, 1.54) is 19.5 Å². The summed E-state index contributed by atoms with van der Waals surface area (Å²) in [7, 11) is 1.19. The number of rotatable bonds is 5. The molecule has 9 heteroatoms. The molecule has 0 aromatic carbocycles. The van der Waals surface area contributed by atoms with E-state index >= 15 is 0 Å². The van der Waals surface area contributed by atoms with Crippen LogP contribution in [0.3, 0.4) is 0 Å². The number of hydrogen-bond donors (Lipinski definition) is 1. The van der Waals surface area contributed by atoms with Crippen LogP contribution in [0.2, 0.25) is 0 Å². The predicted molar refractivity (Wildman–Crippen MR) is 73.4 cm³/mol. The molecule has 0 fully saturated rings. The monoisotopic (exact) mass is 291 g/mol. The van der Waals surface area contributed by atoms with Gasteiger partial charge in [0.05, 0.1) is 29.5 Å². The summed E-state index contributed by atoms with van der Waals surface area (Å²) in [4.78, 5) is 25.8. The number of aryl methyl sites for hydroxylation is 1. The Labute approximate surface area is 119 Å². The van der Waals surface area contributed by atoms with E-state index in [1.807, 2.05) is 6.92 Å². The molecule has 2 rings (SSSR count). The van der Waals surface area contributed by atoms with E-state index < -0.39 is 10.9 Å². The maximum absolute atomic E-state index is 11.4. The van der Waals surface area contributed by atoms with Crippen molar-refractivity contribution < 1.29 is 14.5 Å². The van der Waals surface area contributed by atoms with Gasteiger partial charge in [0.25, 0.3) is 0 Å². The molecule has 0 aliphatic rings. The number of anilines is 2. The maximum Gasteiger partial charge on any atom is 0.339 e. The summed E-state index contributed by atoms with van der Waals surface area (Å²) < 4.78 is 6.18. The van der Waals surface area contributed by atoms with Gasteiger partial charge in [-0.3, -0.25) is 14.8 Å². The Kier molecular flexibility index (Phi) is 4.12. The SMILES string of the molecule is CCn1cc(Nc2ncc(C(=O)OC)cc2[N+](=O)[O-])cn1. The highest BCUT2D eigenvalue weighted by Gasteiger charge is 2.20. The molecule has 2 heterocycles. The Balaban J connectivity index is 2.34. The minimum Gasteiger partial charge on any atom is -0.465 e. The molecule has 0 amide bonds. The van der Waals surface area contributed by atoms with Gasteiger partial charge in [0, 0.05) is 25.0 Å². The average molecular weight is 291 g/mol. The second-order valence-electron chi connectivity index (χ2n) is 4.05. The summed E-state index contributed by atoms with van der Waals surface area (Å²) in [6.07, 6.45) is 4.44. The van der Waals surface area contributed by atoms with Gasteiger partial charge < -0.3 is 10.1 Å². The highest BCUT2D eigenvalue weighted by molar-refractivity contribution is 5.90. The van der Waals surface area contributed by atoms with Crippen molar-refractivity contribution in [2.45, 2.75) is 13.5 Å². The number of pyridine rings is 1. The Morgan fingerprint density at radius 3 is 2.86 bits per heavy atom. The van der Waals surface area contributed by atoms with Crippen molar-refractivity contribution >= 4 is 23.2 Å². The Morgan fingerprint density at radius 2 is 2.29 bits per heavy atom. The van der Waals surface area contributed by atoms with Gasteiger partial charge in [-0.05, 0) is 6.92 Å². The maximum atomic E-state index is 11.4. The number of carbonyl (C=O) groups excluding carboxylic acids is 1. The lowest BCUT2D eigenvalue weighted by atomic mass is 10.2. The summed E-state index contributed by atoms with van der Waals surface area (Å²) in [5.74, 6) is -0.653. The molecule has 0 saturated heterocycles. The van der Waals surface area contributed by atoms with Crippen molar-refractivity contribution in [1.82, 2.24) is 14.8 Å². The number of aromatic nitrogens is 3. The molecule has 0 spiro atoms. The largest absolute Gasteiger partial charge is 0.465 e. The van der Waals surface area contributed by atoms with Gasteiger partial charge in [0.2, 0.25) is 5.82 Å². The molecule has 0 saturated carbocycles. The lowest BCUT2D eigenvalue weighted by Gasteiger charge is -2.05. The normalized spacial score (nSPS) is 10.2. The van der Waals surface area contributed by atoms with Gasteiger partial charge in [-0.25, -0.2) is 9.78 Å². The molecule has 0 unspecified atom stereocenters. The van der Waals surface area contributed by atoms with Crippen LogP contribution in [0, 0.1) is 10.1 Å². The van der Waals surface area contributed by atoms with Crippen molar-refractivity contribution in [1.29, 1.82) is 0 Å². The van der Waals surface area contributed by atoms with E-state index in [9.17, 15) is 14.9 Å². The smallest absolute Gasteiger partial charge is 0.339 e. The van der Waals surface area contributed by atoms with E-state index in [-0.39, 0.29) is 17.1 Å². The molecule has 21 heavy (non-hydrogen) atoms. The molecule has 2 aromatic rings. The van der Waals surface area contributed by atoms with Crippen LogP contribution in [0.15, 0.2) is 24.7 Å². The van der Waals surface area contributed by atoms with Gasteiger partial charge in [0.15, 0.2) is 0 Å². The molecule has 0 radical (unpaired) electrons. The standard InChI is InChI=1S/C12H13N5O4/c1-3-16-7-9(6-14-16)15-11-10(17(19)20)4-8(5-13-11)12(18)21-2/h4-7H,3H2,1-2H3,(H,13,15). The highest BCUT2D eigenvalue weighted by atomic mass is 16.6. The second-order valence-corrected chi connectivity index (χ2v) is 4.05. The van der Waals surface area contributed by atoms with Crippen LogP contribution in [-0.4, -0.2) is 32.8 Å². The zero-order valence-electron chi connectivity index (χ0n) is 11.4. The van der Waals surface area contributed by atoms with E-state index in [4.69, 9.17) is 0 Å². The van der Waals surface area contributed by atoms with Crippen LogP contribution in [0.4, 0.5) is 17.2 Å². The van der Waals surface area contributed by atoms with Crippen molar-refractivity contribution in [3.05, 3.63) is 40.3 Å². The fourth-order valence-corrected chi connectivity index (χ4v) is 1.66. The summed E-state index contributed by atoms with van der Waals surface area (Å²) in [5.41, 5.74) is 0.263. The fraction of sp³-hybridized carbons (Fsp3) is 0.250. The Hall–Kier alpha value is -2.97. The quantitative estimate of drug-likeness (QED) is 0.507. The van der Waals surface area contributed by atoms with Crippen molar-refractivity contribution in [3.63, 3.8) is 0 Å². The van der Waals surface area contributed by atoms with Crippen molar-refractivity contribution in [3.8, 4) is 0 Å². The molecule has 2 aromatic heterocycles. The summed E-state index contributed by atoms with van der Waals surface area (Å²) in [6.45, 7) is 2.60. The molecular formula is C12H13N5O4. The summed E-state index contributed by atoms with van der Waals surface area (Å²) >= 11 is 0. The molecular weight excluding hydrogens is 278 g/mol. The lowest BCUT2D eigenvalue weighted by molar-refractivity contribution is -0.384. The molecule has 0 bridgehead atoms. The Bertz CT molecular complexity index is 682. The first-order valence-corrected chi connectivity index (χ1v) is 6.07. The molecule has 9 nitrogen and oxygen atoms in total. The third-order valence-electron chi connectivity index (χ3n) is 2.71. The summed E-state index contributed by atoms with van der Waals surface area (Å²) in [6, 6.07) is 1.12. The first kappa shape index (κ1) is 14.4. The summed E-state index contributed by atoms with van der Waals surface area (Å²) in [5, 5.41) is 17.9. The minimum atomic E-state index is -0.684. The van der Waals surface area contributed by atoms with Gasteiger partial charge >= 0.3 is 11.7 Å². The van der Waals surface area contributed by atoms with Gasteiger partial charge in [-0.2, -0.15) is 5.10 Å². The van der Waals surface area contributed by atoms with E-state index in [0.717, 1.165) is 6.07 Å². The molecule has 110 valence electrons. The lowest BCUT2D eigenvalue weighted by Crippen LogP contribution is -2.06. The van der Waals surface area contributed by atoms with Gasteiger partial charge in [-0.15, -0.1) is 0 Å². The predicted octanol–water partition coefficient (Wildman–Crippen LogP) is 1.74. The number of esters is 1. The number of nitro groups is 1. The average Bonchev–Trinajstić information content (AvgIpc) is 2.94. The number of hydrogen-bond acceptors (Lipinski definition) is 7. The minimum absolute atomic E-state index is 0.0130. The Morgan fingerprint density at radius 1 is 1.52 bits per heavy atom. The van der Waals surface area contributed by atoms with Gasteiger partial charge in [-0.1, -0.05) is 0 Å². The number of ether oxygens (including phenoxy) is 1. The van der Waals surface area contributed by atoms with E-state index in [2.05, 4.69) is 20.1 Å². The third-order valence-corrected chi connectivity index (χ3v) is 2.71. The fourth-order valence-electron chi connectivity index (χ4n) is 1.66. The molecule has 0 atom stereocenters. The number of carbonyl (C=O) groups is 1. The second kappa shape index (κ2) is 5.99. The number of nitrogens with one attached hydrogen (secondary N) is 1. The molecule has 0 aliphatic carbocycles.